The Labute approximate surface area is 83.3 Å². The number of rotatable bonds is 1. The molecule has 0 bridgehead atoms. The van der Waals surface area contributed by atoms with Crippen molar-refractivity contribution in [2.45, 2.75) is 53.4 Å². The summed E-state index contributed by atoms with van der Waals surface area (Å²) in [5, 5.41) is 3.48. The van der Waals surface area contributed by atoms with Gasteiger partial charge in [-0.1, -0.05) is 34.1 Å². The first-order chi connectivity index (χ1) is 6.18. The zero-order valence-electron chi connectivity index (χ0n) is 9.74. The van der Waals surface area contributed by atoms with E-state index in [1.165, 1.54) is 38.8 Å². The first-order valence-corrected chi connectivity index (χ1v) is 5.89. The third-order valence-electron chi connectivity index (χ3n) is 3.79. The summed E-state index contributed by atoms with van der Waals surface area (Å²) in [6, 6.07) is 0. The average molecular weight is 183 g/mol. The molecule has 1 spiro atoms. The van der Waals surface area contributed by atoms with E-state index in [9.17, 15) is 0 Å². The molecule has 2 fully saturated rings. The molecule has 1 nitrogen and oxygen atoms in total. The summed E-state index contributed by atoms with van der Waals surface area (Å²) < 4.78 is 0. The molecule has 13 heavy (non-hydrogen) atoms. The molecule has 0 aromatic carbocycles. The van der Waals surface area contributed by atoms with Crippen molar-refractivity contribution in [1.29, 1.82) is 0 Å². The highest BCUT2D eigenvalue weighted by atomic mass is 14.9. The fourth-order valence-corrected chi connectivity index (χ4v) is 3.11. The van der Waals surface area contributed by atoms with Crippen LogP contribution >= 0.6 is 0 Å². The lowest BCUT2D eigenvalue weighted by molar-refractivity contribution is -0.0137. The number of hydrogen-bond donors (Lipinski definition) is 1. The lowest BCUT2D eigenvalue weighted by Gasteiger charge is -2.53. The van der Waals surface area contributed by atoms with Crippen LogP contribution in [0.3, 0.4) is 0 Å². The van der Waals surface area contributed by atoms with E-state index in [0.29, 0.717) is 5.41 Å². The predicted octanol–water partition coefficient (Wildman–Crippen LogP) is 3.20. The van der Waals surface area contributed by atoms with Gasteiger partial charge in [0.1, 0.15) is 0 Å². The van der Waals surface area contributed by atoms with Gasteiger partial charge in [-0.2, -0.15) is 0 Å². The molecule has 1 saturated heterocycles. The SMILES string of the molecule is CC.CCC1(C)CC2(CCNC2)C1. The molecular weight excluding hydrogens is 158 g/mol. The fraction of sp³-hybridized carbons (Fsp3) is 1.00. The zero-order chi connectivity index (χ0) is 9.95. The van der Waals surface area contributed by atoms with Gasteiger partial charge >= 0.3 is 0 Å². The molecule has 0 aromatic heterocycles. The number of nitrogens with one attached hydrogen (secondary N) is 1. The monoisotopic (exact) mass is 183 g/mol. The normalized spacial score (nSPS) is 42.5. The molecule has 1 saturated carbocycles. The van der Waals surface area contributed by atoms with E-state index in [1.807, 2.05) is 13.8 Å². The van der Waals surface area contributed by atoms with Gasteiger partial charge in [-0.15, -0.1) is 0 Å². The summed E-state index contributed by atoms with van der Waals surface area (Å²) in [6.45, 7) is 11.3. The summed E-state index contributed by atoms with van der Waals surface area (Å²) in [4.78, 5) is 0. The molecule has 1 N–H and O–H groups in total. The lowest BCUT2D eigenvalue weighted by atomic mass is 9.52. The van der Waals surface area contributed by atoms with E-state index in [0.717, 1.165) is 5.41 Å². The Balaban J connectivity index is 0.000000396. The molecule has 1 aliphatic carbocycles. The summed E-state index contributed by atoms with van der Waals surface area (Å²) in [5.74, 6) is 0. The summed E-state index contributed by atoms with van der Waals surface area (Å²) in [7, 11) is 0. The molecule has 1 heterocycles. The van der Waals surface area contributed by atoms with Crippen LogP contribution in [0.2, 0.25) is 0 Å². The molecule has 0 radical (unpaired) electrons. The first kappa shape index (κ1) is 11.0. The third kappa shape index (κ3) is 2.07. The second-order valence-electron chi connectivity index (χ2n) is 4.94. The van der Waals surface area contributed by atoms with Crippen LogP contribution in [0.4, 0.5) is 0 Å². The van der Waals surface area contributed by atoms with Crippen molar-refractivity contribution in [1.82, 2.24) is 5.32 Å². The van der Waals surface area contributed by atoms with E-state index in [1.54, 1.807) is 0 Å². The Kier molecular flexibility index (Phi) is 3.39. The standard InChI is InChI=1S/C10H19N.C2H6/c1-3-9(2)6-10(7-9)4-5-11-8-10;1-2/h11H,3-8H2,1-2H3;1-2H3. The molecule has 78 valence electrons. The number of hydrogen-bond acceptors (Lipinski definition) is 1. The molecule has 2 aliphatic rings. The second kappa shape index (κ2) is 4.00. The minimum absolute atomic E-state index is 0.700. The molecule has 1 aliphatic heterocycles. The van der Waals surface area contributed by atoms with Crippen LogP contribution < -0.4 is 5.32 Å². The van der Waals surface area contributed by atoms with Crippen molar-refractivity contribution in [3.8, 4) is 0 Å². The van der Waals surface area contributed by atoms with Gasteiger partial charge in [0.05, 0.1) is 0 Å². The van der Waals surface area contributed by atoms with Crippen molar-refractivity contribution in [2.75, 3.05) is 13.1 Å². The van der Waals surface area contributed by atoms with Gasteiger partial charge in [0, 0.05) is 6.54 Å². The average Bonchev–Trinajstić information content (AvgIpc) is 2.56. The van der Waals surface area contributed by atoms with E-state index in [2.05, 4.69) is 19.2 Å². The van der Waals surface area contributed by atoms with E-state index < -0.39 is 0 Å². The largest absolute Gasteiger partial charge is 0.316 e. The predicted molar refractivity (Wildman–Crippen MR) is 58.9 cm³/mol. The summed E-state index contributed by atoms with van der Waals surface area (Å²) in [6.07, 6.45) is 5.75. The van der Waals surface area contributed by atoms with Gasteiger partial charge in [-0.3, -0.25) is 0 Å². The van der Waals surface area contributed by atoms with Crippen LogP contribution in [-0.2, 0) is 0 Å². The van der Waals surface area contributed by atoms with Crippen LogP contribution in [0.1, 0.15) is 53.4 Å². The lowest BCUT2D eigenvalue weighted by Crippen LogP contribution is -2.45. The van der Waals surface area contributed by atoms with E-state index >= 15 is 0 Å². The van der Waals surface area contributed by atoms with Crippen molar-refractivity contribution in [3.05, 3.63) is 0 Å². The van der Waals surface area contributed by atoms with E-state index in [4.69, 9.17) is 0 Å². The Hall–Kier alpha value is -0.0400. The topological polar surface area (TPSA) is 12.0 Å². The molecule has 0 atom stereocenters. The Morgan fingerprint density at radius 2 is 1.85 bits per heavy atom. The maximum absolute atomic E-state index is 3.48. The third-order valence-corrected chi connectivity index (χ3v) is 3.79. The highest BCUT2D eigenvalue weighted by Gasteiger charge is 2.51. The van der Waals surface area contributed by atoms with Crippen LogP contribution in [0.15, 0.2) is 0 Å². The van der Waals surface area contributed by atoms with Crippen molar-refractivity contribution in [2.24, 2.45) is 10.8 Å². The highest BCUT2D eigenvalue weighted by molar-refractivity contribution is 5.04. The summed E-state index contributed by atoms with van der Waals surface area (Å²) >= 11 is 0. The first-order valence-electron chi connectivity index (χ1n) is 5.89. The van der Waals surface area contributed by atoms with Crippen LogP contribution in [-0.4, -0.2) is 13.1 Å². The zero-order valence-corrected chi connectivity index (χ0v) is 9.74. The molecule has 0 unspecified atom stereocenters. The van der Waals surface area contributed by atoms with Gasteiger partial charge in [0.2, 0.25) is 0 Å². The van der Waals surface area contributed by atoms with Crippen molar-refractivity contribution >= 4 is 0 Å². The molecule has 0 amide bonds. The smallest absolute Gasteiger partial charge is 0.000869 e. The molecule has 0 aromatic rings. The summed E-state index contributed by atoms with van der Waals surface area (Å²) in [5.41, 5.74) is 1.44. The van der Waals surface area contributed by atoms with Gasteiger partial charge in [-0.05, 0) is 36.6 Å². The van der Waals surface area contributed by atoms with Crippen LogP contribution in [0.5, 0.6) is 0 Å². The van der Waals surface area contributed by atoms with E-state index in [-0.39, 0.29) is 0 Å². The molecule has 1 heteroatoms. The minimum Gasteiger partial charge on any atom is -0.316 e. The van der Waals surface area contributed by atoms with Gasteiger partial charge in [0.25, 0.3) is 0 Å². The Morgan fingerprint density at radius 1 is 1.23 bits per heavy atom. The Morgan fingerprint density at radius 3 is 2.23 bits per heavy atom. The van der Waals surface area contributed by atoms with Crippen molar-refractivity contribution < 1.29 is 0 Å². The molecular formula is C12H25N. The van der Waals surface area contributed by atoms with Gasteiger partial charge in [0.15, 0.2) is 0 Å². The van der Waals surface area contributed by atoms with Gasteiger partial charge in [-0.25, -0.2) is 0 Å². The second-order valence-corrected chi connectivity index (χ2v) is 4.94. The fourth-order valence-electron chi connectivity index (χ4n) is 3.11. The maximum Gasteiger partial charge on any atom is 0.000869 e. The highest BCUT2D eigenvalue weighted by Crippen LogP contribution is 2.58. The van der Waals surface area contributed by atoms with Gasteiger partial charge < -0.3 is 5.32 Å². The van der Waals surface area contributed by atoms with Crippen LogP contribution in [0, 0.1) is 10.8 Å². The molecule has 2 rings (SSSR count). The maximum atomic E-state index is 3.48. The quantitative estimate of drug-likeness (QED) is 0.658. The van der Waals surface area contributed by atoms with Crippen LogP contribution in [0.25, 0.3) is 0 Å². The minimum atomic E-state index is 0.700. The Bertz CT molecular complexity index is 149. The van der Waals surface area contributed by atoms with Crippen molar-refractivity contribution in [3.63, 3.8) is 0 Å².